The second kappa shape index (κ2) is 8.27. The number of amides is 2. The molecular weight excluding hydrogens is 364 g/mol. The highest BCUT2D eigenvalue weighted by molar-refractivity contribution is 5.98. The standard InChI is InChI=1S/C24H28N2O3/c1-16(27)26-14-13-17-7-10-20(15-22(17)26)25-24(28)23(18-5-3-4-6-18)19-8-11-21(29-2)12-9-19/h7-12,15,18,23H,3-6,13-14H2,1-2H3,(H,25,28). The van der Waals surface area contributed by atoms with Gasteiger partial charge in [0.1, 0.15) is 5.75 Å². The largest absolute Gasteiger partial charge is 0.497 e. The first-order valence-corrected chi connectivity index (χ1v) is 10.4. The van der Waals surface area contributed by atoms with Crippen LogP contribution >= 0.6 is 0 Å². The van der Waals surface area contributed by atoms with Crippen molar-refractivity contribution in [2.75, 3.05) is 23.9 Å². The van der Waals surface area contributed by atoms with Crippen LogP contribution in [0, 0.1) is 5.92 Å². The zero-order chi connectivity index (χ0) is 20.4. The first kappa shape index (κ1) is 19.5. The molecule has 2 amide bonds. The molecule has 0 aromatic heterocycles. The van der Waals surface area contributed by atoms with Crippen LogP contribution in [0.15, 0.2) is 42.5 Å². The molecular formula is C24H28N2O3. The second-order valence-corrected chi connectivity index (χ2v) is 8.05. The van der Waals surface area contributed by atoms with Crippen LogP contribution in [0.1, 0.15) is 49.7 Å². The van der Waals surface area contributed by atoms with Gasteiger partial charge in [0.15, 0.2) is 0 Å². The number of ether oxygens (including phenoxy) is 1. The van der Waals surface area contributed by atoms with E-state index in [1.54, 1.807) is 18.9 Å². The minimum Gasteiger partial charge on any atom is -0.497 e. The SMILES string of the molecule is COc1ccc(C(C(=O)Nc2ccc3c(c2)N(C(C)=O)CC3)C2CCCC2)cc1. The van der Waals surface area contributed by atoms with Crippen LogP contribution in [-0.2, 0) is 16.0 Å². The maximum absolute atomic E-state index is 13.3. The zero-order valence-electron chi connectivity index (χ0n) is 17.1. The van der Waals surface area contributed by atoms with Gasteiger partial charge in [-0.2, -0.15) is 0 Å². The summed E-state index contributed by atoms with van der Waals surface area (Å²) in [6, 6.07) is 13.7. The predicted molar refractivity (Wildman–Crippen MR) is 114 cm³/mol. The summed E-state index contributed by atoms with van der Waals surface area (Å²) >= 11 is 0. The fraction of sp³-hybridized carbons (Fsp3) is 0.417. The number of anilines is 2. The number of hydrogen-bond donors (Lipinski definition) is 1. The number of benzene rings is 2. The first-order chi connectivity index (χ1) is 14.1. The highest BCUT2D eigenvalue weighted by atomic mass is 16.5. The molecule has 1 aliphatic heterocycles. The lowest BCUT2D eigenvalue weighted by molar-refractivity contribution is -0.119. The number of nitrogens with one attached hydrogen (secondary N) is 1. The molecule has 0 bridgehead atoms. The normalized spacial score (nSPS) is 17.1. The Kier molecular flexibility index (Phi) is 5.56. The van der Waals surface area contributed by atoms with E-state index in [0.717, 1.165) is 47.5 Å². The molecule has 0 radical (unpaired) electrons. The predicted octanol–water partition coefficient (Wildman–Crippen LogP) is 4.52. The van der Waals surface area contributed by atoms with E-state index >= 15 is 0 Å². The maximum atomic E-state index is 13.3. The van der Waals surface area contributed by atoms with Crippen molar-refractivity contribution in [3.8, 4) is 5.75 Å². The third-order valence-corrected chi connectivity index (χ3v) is 6.26. The van der Waals surface area contributed by atoms with Crippen molar-refractivity contribution in [3.63, 3.8) is 0 Å². The quantitative estimate of drug-likeness (QED) is 0.814. The van der Waals surface area contributed by atoms with Gasteiger partial charge in [0, 0.05) is 24.8 Å². The lowest BCUT2D eigenvalue weighted by atomic mass is 9.84. The number of nitrogens with zero attached hydrogens (tertiary/aromatic N) is 1. The van der Waals surface area contributed by atoms with E-state index in [0.29, 0.717) is 12.5 Å². The zero-order valence-corrected chi connectivity index (χ0v) is 17.1. The Hall–Kier alpha value is -2.82. The van der Waals surface area contributed by atoms with Crippen LogP contribution in [-0.4, -0.2) is 25.5 Å². The average Bonchev–Trinajstić information content (AvgIpc) is 3.38. The van der Waals surface area contributed by atoms with Gasteiger partial charge in [0.25, 0.3) is 0 Å². The Morgan fingerprint density at radius 3 is 2.48 bits per heavy atom. The molecule has 1 N–H and O–H groups in total. The van der Waals surface area contributed by atoms with Crippen molar-refractivity contribution in [2.45, 2.75) is 44.9 Å². The highest BCUT2D eigenvalue weighted by Crippen LogP contribution is 2.39. The third-order valence-electron chi connectivity index (χ3n) is 6.26. The van der Waals surface area contributed by atoms with Crippen molar-refractivity contribution in [2.24, 2.45) is 5.92 Å². The van der Waals surface area contributed by atoms with Crippen LogP contribution in [0.4, 0.5) is 11.4 Å². The van der Waals surface area contributed by atoms with Gasteiger partial charge >= 0.3 is 0 Å². The number of hydrogen-bond acceptors (Lipinski definition) is 3. The fourth-order valence-corrected chi connectivity index (χ4v) is 4.74. The third kappa shape index (κ3) is 4.00. The van der Waals surface area contributed by atoms with Gasteiger partial charge in [-0.3, -0.25) is 9.59 Å². The molecule has 1 heterocycles. The monoisotopic (exact) mass is 392 g/mol. The molecule has 1 fully saturated rings. The van der Waals surface area contributed by atoms with Crippen LogP contribution in [0.2, 0.25) is 0 Å². The van der Waals surface area contributed by atoms with Gasteiger partial charge in [-0.05, 0) is 60.6 Å². The lowest BCUT2D eigenvalue weighted by Crippen LogP contribution is -2.27. The first-order valence-electron chi connectivity index (χ1n) is 10.4. The van der Waals surface area contributed by atoms with E-state index in [1.807, 2.05) is 42.5 Å². The van der Waals surface area contributed by atoms with E-state index in [4.69, 9.17) is 4.74 Å². The van der Waals surface area contributed by atoms with Crippen molar-refractivity contribution >= 4 is 23.2 Å². The molecule has 2 aromatic carbocycles. The van der Waals surface area contributed by atoms with Crippen molar-refractivity contribution in [1.82, 2.24) is 0 Å². The molecule has 1 saturated carbocycles. The van der Waals surface area contributed by atoms with Gasteiger partial charge in [-0.25, -0.2) is 0 Å². The van der Waals surface area contributed by atoms with Gasteiger partial charge in [0.2, 0.25) is 11.8 Å². The van der Waals surface area contributed by atoms with Gasteiger partial charge < -0.3 is 15.0 Å². The minimum absolute atomic E-state index is 0.0226. The average molecular weight is 392 g/mol. The Balaban J connectivity index is 1.58. The van der Waals surface area contributed by atoms with Gasteiger partial charge in [0.05, 0.1) is 13.0 Å². The molecule has 152 valence electrons. The van der Waals surface area contributed by atoms with Gasteiger partial charge in [-0.1, -0.05) is 31.0 Å². The van der Waals surface area contributed by atoms with Gasteiger partial charge in [-0.15, -0.1) is 0 Å². The summed E-state index contributed by atoms with van der Waals surface area (Å²) in [7, 11) is 1.65. The Morgan fingerprint density at radius 1 is 1.10 bits per heavy atom. The molecule has 1 atom stereocenters. The topological polar surface area (TPSA) is 58.6 Å². The van der Waals surface area contributed by atoms with E-state index < -0.39 is 0 Å². The number of fused-ring (bicyclic) bond motifs is 1. The number of carbonyl (C=O) groups is 2. The summed E-state index contributed by atoms with van der Waals surface area (Å²) in [6.07, 6.45) is 5.37. The molecule has 29 heavy (non-hydrogen) atoms. The van der Waals surface area contributed by atoms with Crippen molar-refractivity contribution < 1.29 is 14.3 Å². The molecule has 2 aromatic rings. The summed E-state index contributed by atoms with van der Waals surface area (Å²) < 4.78 is 5.27. The van der Waals surface area contributed by atoms with E-state index in [2.05, 4.69) is 5.32 Å². The van der Waals surface area contributed by atoms with Crippen LogP contribution < -0.4 is 15.0 Å². The number of rotatable bonds is 5. The molecule has 1 unspecified atom stereocenters. The summed E-state index contributed by atoms with van der Waals surface area (Å²) in [5, 5.41) is 3.13. The molecule has 0 spiro atoms. The number of methoxy groups -OCH3 is 1. The molecule has 5 heteroatoms. The molecule has 1 aliphatic carbocycles. The summed E-state index contributed by atoms with van der Waals surface area (Å²) in [5.74, 6) is 1.03. The fourth-order valence-electron chi connectivity index (χ4n) is 4.74. The summed E-state index contributed by atoms with van der Waals surface area (Å²) in [4.78, 5) is 27.0. The van der Waals surface area contributed by atoms with E-state index in [9.17, 15) is 9.59 Å². The Morgan fingerprint density at radius 2 is 1.83 bits per heavy atom. The molecule has 4 rings (SSSR count). The molecule has 2 aliphatic rings. The van der Waals surface area contributed by atoms with E-state index in [1.165, 1.54) is 12.8 Å². The van der Waals surface area contributed by atoms with Crippen LogP contribution in [0.5, 0.6) is 5.75 Å². The van der Waals surface area contributed by atoms with Crippen LogP contribution in [0.3, 0.4) is 0 Å². The van der Waals surface area contributed by atoms with Crippen molar-refractivity contribution in [3.05, 3.63) is 53.6 Å². The Labute approximate surface area is 172 Å². The maximum Gasteiger partial charge on any atom is 0.232 e. The van der Waals surface area contributed by atoms with E-state index in [-0.39, 0.29) is 17.7 Å². The smallest absolute Gasteiger partial charge is 0.232 e. The highest BCUT2D eigenvalue weighted by Gasteiger charge is 2.32. The van der Waals surface area contributed by atoms with Crippen LogP contribution in [0.25, 0.3) is 0 Å². The molecule has 5 nitrogen and oxygen atoms in total. The lowest BCUT2D eigenvalue weighted by Gasteiger charge is -2.24. The Bertz CT molecular complexity index is 901. The summed E-state index contributed by atoms with van der Waals surface area (Å²) in [6.45, 7) is 2.29. The molecule has 0 saturated heterocycles. The second-order valence-electron chi connectivity index (χ2n) is 8.05. The number of carbonyl (C=O) groups excluding carboxylic acids is 2. The summed E-state index contributed by atoms with van der Waals surface area (Å²) in [5.41, 5.74) is 3.85. The van der Waals surface area contributed by atoms with Crippen molar-refractivity contribution in [1.29, 1.82) is 0 Å². The minimum atomic E-state index is -0.180.